The molecule has 0 fully saturated rings. The Hall–Kier alpha value is -2.62. The molecule has 4 nitrogen and oxygen atoms in total. The van der Waals surface area contributed by atoms with Gasteiger partial charge in [0.2, 0.25) is 5.91 Å². The summed E-state index contributed by atoms with van der Waals surface area (Å²) in [5, 5.41) is 3.84. The number of nitrogens with one attached hydrogen (secondary N) is 2. The molecule has 0 saturated carbocycles. The van der Waals surface area contributed by atoms with Crippen LogP contribution in [0.3, 0.4) is 0 Å². The molecule has 20 heavy (non-hydrogen) atoms. The van der Waals surface area contributed by atoms with E-state index < -0.39 is 0 Å². The first-order valence-corrected chi connectivity index (χ1v) is 6.50. The van der Waals surface area contributed by atoms with Gasteiger partial charge in [-0.15, -0.1) is 0 Å². The Morgan fingerprint density at radius 3 is 2.85 bits per heavy atom. The maximum absolute atomic E-state index is 12.1. The predicted molar refractivity (Wildman–Crippen MR) is 79.6 cm³/mol. The third kappa shape index (κ3) is 2.54. The number of pyridine rings is 1. The van der Waals surface area contributed by atoms with Crippen LogP contribution in [0.2, 0.25) is 0 Å². The van der Waals surface area contributed by atoms with Crippen LogP contribution in [0.1, 0.15) is 11.1 Å². The number of H-pyrrole nitrogens is 1. The molecule has 0 saturated heterocycles. The van der Waals surface area contributed by atoms with Crippen molar-refractivity contribution in [1.82, 2.24) is 9.97 Å². The number of carbonyl (C=O) groups excluding carboxylic acids is 1. The van der Waals surface area contributed by atoms with Crippen molar-refractivity contribution in [2.24, 2.45) is 0 Å². The summed E-state index contributed by atoms with van der Waals surface area (Å²) in [6.45, 7) is 2.03. The summed E-state index contributed by atoms with van der Waals surface area (Å²) >= 11 is 0. The van der Waals surface area contributed by atoms with Gasteiger partial charge in [0, 0.05) is 17.8 Å². The van der Waals surface area contributed by atoms with Crippen molar-refractivity contribution in [2.45, 2.75) is 13.3 Å². The monoisotopic (exact) mass is 265 g/mol. The summed E-state index contributed by atoms with van der Waals surface area (Å²) in [5.74, 6) is -0.0291. The van der Waals surface area contributed by atoms with Gasteiger partial charge in [0.05, 0.1) is 12.1 Å². The fourth-order valence-electron chi connectivity index (χ4n) is 2.15. The standard InChI is InChI=1S/C16H15N3O/c1-11-4-6-12(7-5-11)9-15(20)19-14-10-18-16-13(14)3-2-8-17-16/h2-8,10H,9H2,1H3,(H,17,18)(H,19,20). The largest absolute Gasteiger partial charge is 0.344 e. The first kappa shape index (κ1) is 12.4. The Balaban J connectivity index is 1.74. The van der Waals surface area contributed by atoms with Gasteiger partial charge >= 0.3 is 0 Å². The van der Waals surface area contributed by atoms with Crippen LogP contribution in [0.15, 0.2) is 48.8 Å². The number of hydrogen-bond acceptors (Lipinski definition) is 2. The molecule has 2 heterocycles. The van der Waals surface area contributed by atoms with Crippen LogP contribution in [0.5, 0.6) is 0 Å². The fourth-order valence-corrected chi connectivity index (χ4v) is 2.15. The van der Waals surface area contributed by atoms with E-state index in [2.05, 4.69) is 15.3 Å². The number of nitrogens with zero attached hydrogens (tertiary/aromatic N) is 1. The Kier molecular flexibility index (Phi) is 3.21. The lowest BCUT2D eigenvalue weighted by atomic mass is 10.1. The van der Waals surface area contributed by atoms with Gasteiger partial charge in [-0.25, -0.2) is 4.98 Å². The van der Waals surface area contributed by atoms with Gasteiger partial charge in [-0.1, -0.05) is 29.8 Å². The zero-order valence-electron chi connectivity index (χ0n) is 11.2. The van der Waals surface area contributed by atoms with Crippen molar-refractivity contribution in [3.8, 4) is 0 Å². The first-order chi connectivity index (χ1) is 9.72. The summed E-state index contributed by atoms with van der Waals surface area (Å²) in [6.07, 6.45) is 3.86. The number of aromatic nitrogens is 2. The van der Waals surface area contributed by atoms with Crippen LogP contribution < -0.4 is 5.32 Å². The highest BCUT2D eigenvalue weighted by Crippen LogP contribution is 2.20. The minimum absolute atomic E-state index is 0.0291. The summed E-state index contributed by atoms with van der Waals surface area (Å²) in [5.41, 5.74) is 3.74. The predicted octanol–water partition coefficient (Wildman–Crippen LogP) is 3.05. The lowest BCUT2D eigenvalue weighted by Crippen LogP contribution is -2.14. The number of aryl methyl sites for hydroxylation is 1. The van der Waals surface area contributed by atoms with E-state index in [1.165, 1.54) is 5.56 Å². The molecule has 1 aromatic carbocycles. The number of aromatic amines is 1. The zero-order valence-corrected chi connectivity index (χ0v) is 11.2. The highest BCUT2D eigenvalue weighted by Gasteiger charge is 2.08. The molecule has 4 heteroatoms. The quantitative estimate of drug-likeness (QED) is 0.764. The van der Waals surface area contributed by atoms with Crippen molar-refractivity contribution in [3.05, 3.63) is 59.9 Å². The summed E-state index contributed by atoms with van der Waals surface area (Å²) in [7, 11) is 0. The van der Waals surface area contributed by atoms with Crippen molar-refractivity contribution in [3.63, 3.8) is 0 Å². The molecule has 2 N–H and O–H groups in total. The third-order valence-electron chi connectivity index (χ3n) is 3.21. The molecular weight excluding hydrogens is 250 g/mol. The molecule has 0 spiro atoms. The Morgan fingerprint density at radius 1 is 1.25 bits per heavy atom. The lowest BCUT2D eigenvalue weighted by Gasteiger charge is -2.04. The molecule has 100 valence electrons. The molecule has 3 rings (SSSR count). The van der Waals surface area contributed by atoms with E-state index in [0.717, 1.165) is 22.3 Å². The second kappa shape index (κ2) is 5.17. The maximum Gasteiger partial charge on any atom is 0.228 e. The van der Waals surface area contributed by atoms with Crippen molar-refractivity contribution >= 4 is 22.6 Å². The Morgan fingerprint density at radius 2 is 2.05 bits per heavy atom. The van der Waals surface area contributed by atoms with Gasteiger partial charge < -0.3 is 10.3 Å². The van der Waals surface area contributed by atoms with Crippen molar-refractivity contribution in [1.29, 1.82) is 0 Å². The molecule has 3 aromatic rings. The maximum atomic E-state index is 12.1. The summed E-state index contributed by atoms with van der Waals surface area (Å²) in [4.78, 5) is 19.3. The Bertz CT molecular complexity index is 744. The van der Waals surface area contributed by atoms with Crippen LogP contribution in [-0.2, 0) is 11.2 Å². The van der Waals surface area contributed by atoms with Crippen molar-refractivity contribution in [2.75, 3.05) is 5.32 Å². The van der Waals surface area contributed by atoms with Crippen molar-refractivity contribution < 1.29 is 4.79 Å². The topological polar surface area (TPSA) is 57.8 Å². The van der Waals surface area contributed by atoms with Crippen LogP contribution in [-0.4, -0.2) is 15.9 Å². The Labute approximate surface area is 116 Å². The molecule has 0 radical (unpaired) electrons. The number of hydrogen-bond donors (Lipinski definition) is 2. The van der Waals surface area contributed by atoms with Gasteiger partial charge in [-0.2, -0.15) is 0 Å². The second-order valence-electron chi connectivity index (χ2n) is 4.81. The highest BCUT2D eigenvalue weighted by atomic mass is 16.1. The third-order valence-corrected chi connectivity index (χ3v) is 3.21. The molecule has 0 bridgehead atoms. The van der Waals surface area contributed by atoms with Gasteiger partial charge in [0.1, 0.15) is 5.65 Å². The lowest BCUT2D eigenvalue weighted by molar-refractivity contribution is -0.115. The molecule has 0 atom stereocenters. The van der Waals surface area contributed by atoms with Gasteiger partial charge in [-0.3, -0.25) is 4.79 Å². The molecule has 1 amide bonds. The van der Waals surface area contributed by atoms with Crippen LogP contribution >= 0.6 is 0 Å². The molecule has 0 aliphatic carbocycles. The molecule has 0 aliphatic rings. The van der Waals surface area contributed by atoms with Crippen LogP contribution in [0, 0.1) is 6.92 Å². The van der Waals surface area contributed by atoms with E-state index in [0.29, 0.717) is 6.42 Å². The summed E-state index contributed by atoms with van der Waals surface area (Å²) < 4.78 is 0. The second-order valence-corrected chi connectivity index (χ2v) is 4.81. The van der Waals surface area contributed by atoms with E-state index >= 15 is 0 Å². The van der Waals surface area contributed by atoms with Gasteiger partial charge in [-0.05, 0) is 24.6 Å². The van der Waals surface area contributed by atoms with E-state index in [4.69, 9.17) is 0 Å². The minimum Gasteiger partial charge on any atom is -0.344 e. The molecule has 0 unspecified atom stereocenters. The fraction of sp³-hybridized carbons (Fsp3) is 0.125. The number of amides is 1. The molecule has 2 aromatic heterocycles. The average Bonchev–Trinajstić information content (AvgIpc) is 2.85. The number of anilines is 1. The molecule has 0 aliphatic heterocycles. The van der Waals surface area contributed by atoms with Gasteiger partial charge in [0.15, 0.2) is 0 Å². The van der Waals surface area contributed by atoms with Crippen LogP contribution in [0.25, 0.3) is 11.0 Å². The van der Waals surface area contributed by atoms with E-state index in [-0.39, 0.29) is 5.91 Å². The normalized spacial score (nSPS) is 10.7. The number of benzene rings is 1. The first-order valence-electron chi connectivity index (χ1n) is 6.50. The van der Waals surface area contributed by atoms with E-state index in [1.807, 2.05) is 43.3 Å². The number of fused-ring (bicyclic) bond motifs is 1. The number of carbonyl (C=O) groups is 1. The number of rotatable bonds is 3. The highest BCUT2D eigenvalue weighted by molar-refractivity contribution is 6.01. The zero-order chi connectivity index (χ0) is 13.9. The van der Waals surface area contributed by atoms with E-state index in [1.54, 1.807) is 12.4 Å². The smallest absolute Gasteiger partial charge is 0.228 e. The van der Waals surface area contributed by atoms with Gasteiger partial charge in [0.25, 0.3) is 0 Å². The SMILES string of the molecule is Cc1ccc(CC(=O)Nc2c[nH]c3ncccc23)cc1. The van der Waals surface area contributed by atoms with Crippen LogP contribution in [0.4, 0.5) is 5.69 Å². The molecular formula is C16H15N3O. The summed E-state index contributed by atoms with van der Waals surface area (Å²) in [6, 6.07) is 11.8. The van der Waals surface area contributed by atoms with E-state index in [9.17, 15) is 4.79 Å². The minimum atomic E-state index is -0.0291. The average molecular weight is 265 g/mol.